The highest BCUT2D eigenvalue weighted by atomic mass is 16.4. The maximum atomic E-state index is 11.0. The van der Waals surface area contributed by atoms with Gasteiger partial charge in [-0.15, -0.1) is 0 Å². The fourth-order valence-electron chi connectivity index (χ4n) is 4.43. The molecule has 0 amide bonds. The van der Waals surface area contributed by atoms with Crippen molar-refractivity contribution in [2.75, 3.05) is 0 Å². The molecule has 0 aliphatic heterocycles. The zero-order valence-corrected chi connectivity index (χ0v) is 8.32. The first-order chi connectivity index (χ1) is 6.45. The number of rotatable bonds is 1. The maximum absolute atomic E-state index is 11.0. The molecule has 0 heterocycles. The summed E-state index contributed by atoms with van der Waals surface area (Å²) < 4.78 is 0. The van der Waals surface area contributed by atoms with E-state index >= 15 is 0 Å². The Kier molecular flexibility index (Phi) is 1.34. The molecule has 0 radical (unpaired) electrons. The van der Waals surface area contributed by atoms with E-state index in [-0.39, 0.29) is 0 Å². The highest BCUT2D eigenvalue weighted by Gasteiger charge is 2.68. The summed E-state index contributed by atoms with van der Waals surface area (Å²) in [6.45, 7) is 1.88. The SMILES string of the molecule is CC1(O)CC2CC3(C(=O)[O-])CC(C1)C23. The standard InChI is InChI=1S/C11H16O3/c1-10(14)2-6-4-11(9(12)13)5-7(3-10)8(6)11/h6-8,14H,2-5H2,1H3,(H,12,13)/p-1. The van der Waals surface area contributed by atoms with Crippen molar-refractivity contribution in [2.24, 2.45) is 23.2 Å². The van der Waals surface area contributed by atoms with Crippen LogP contribution in [0.5, 0.6) is 0 Å². The smallest absolute Gasteiger partial charge is 0.0625 e. The Hall–Kier alpha value is -0.570. The quantitative estimate of drug-likeness (QED) is 0.636. The average Bonchev–Trinajstić information content (AvgIpc) is 1.94. The van der Waals surface area contributed by atoms with Crippen molar-refractivity contribution in [2.45, 2.75) is 38.2 Å². The third kappa shape index (κ3) is 0.800. The maximum Gasteiger partial charge on any atom is 0.0625 e. The van der Waals surface area contributed by atoms with Gasteiger partial charge in [0.15, 0.2) is 0 Å². The molecule has 3 aliphatic rings. The minimum absolute atomic E-state index is 0.327. The molecule has 1 N–H and O–H groups in total. The normalized spacial score (nSPS) is 59.4. The van der Waals surface area contributed by atoms with Crippen LogP contribution in [0.2, 0.25) is 0 Å². The van der Waals surface area contributed by atoms with Gasteiger partial charge in [-0.05, 0) is 50.4 Å². The number of hydrogen-bond acceptors (Lipinski definition) is 3. The van der Waals surface area contributed by atoms with Gasteiger partial charge in [-0.25, -0.2) is 0 Å². The predicted octanol–water partition coefficient (Wildman–Crippen LogP) is -0.0765. The Bertz CT molecular complexity index is 290. The molecule has 0 aromatic carbocycles. The van der Waals surface area contributed by atoms with Crippen LogP contribution in [-0.4, -0.2) is 16.7 Å². The van der Waals surface area contributed by atoms with Crippen LogP contribution in [0.1, 0.15) is 32.6 Å². The van der Waals surface area contributed by atoms with Gasteiger partial charge in [-0.3, -0.25) is 0 Å². The topological polar surface area (TPSA) is 60.4 Å². The number of hydrogen-bond donors (Lipinski definition) is 1. The summed E-state index contributed by atoms with van der Waals surface area (Å²) >= 11 is 0. The summed E-state index contributed by atoms with van der Waals surface area (Å²) in [7, 11) is 0. The van der Waals surface area contributed by atoms with Gasteiger partial charge in [0, 0.05) is 11.4 Å². The highest BCUT2D eigenvalue weighted by Crippen LogP contribution is 2.72. The Morgan fingerprint density at radius 2 is 1.79 bits per heavy atom. The average molecular weight is 195 g/mol. The first-order valence-corrected chi connectivity index (χ1v) is 5.38. The van der Waals surface area contributed by atoms with E-state index in [1.54, 1.807) is 0 Å². The number of carbonyl (C=O) groups is 1. The van der Waals surface area contributed by atoms with Crippen LogP contribution in [0.3, 0.4) is 0 Å². The van der Waals surface area contributed by atoms with E-state index in [0.717, 1.165) is 25.7 Å². The number of aliphatic carboxylic acids is 1. The lowest BCUT2D eigenvalue weighted by molar-refractivity contribution is -0.355. The second-order valence-corrected chi connectivity index (χ2v) is 5.80. The number of aliphatic hydroxyl groups is 1. The fraction of sp³-hybridized carbons (Fsp3) is 0.909. The zero-order valence-electron chi connectivity index (χ0n) is 8.32. The van der Waals surface area contributed by atoms with Crippen molar-refractivity contribution in [1.29, 1.82) is 0 Å². The molecule has 78 valence electrons. The molecule has 2 atom stereocenters. The zero-order chi connectivity index (χ0) is 10.1. The minimum Gasteiger partial charge on any atom is -0.550 e. The molecule has 0 aromatic heterocycles. The number of carboxylic acid groups (broad SMARTS) is 1. The van der Waals surface area contributed by atoms with Gasteiger partial charge in [0.05, 0.1) is 5.60 Å². The predicted molar refractivity (Wildman–Crippen MR) is 47.0 cm³/mol. The first-order valence-electron chi connectivity index (χ1n) is 5.38. The van der Waals surface area contributed by atoms with Crippen LogP contribution < -0.4 is 5.11 Å². The molecule has 0 saturated heterocycles. The molecule has 0 bridgehead atoms. The lowest BCUT2D eigenvalue weighted by Gasteiger charge is -2.72. The largest absolute Gasteiger partial charge is 0.550 e. The molecule has 3 saturated carbocycles. The van der Waals surface area contributed by atoms with Gasteiger partial charge in [-0.1, -0.05) is 0 Å². The third-order valence-corrected chi connectivity index (χ3v) is 4.72. The van der Waals surface area contributed by atoms with Gasteiger partial charge in [0.25, 0.3) is 0 Å². The molecule has 0 aromatic rings. The van der Waals surface area contributed by atoms with Crippen molar-refractivity contribution in [3.05, 3.63) is 0 Å². The number of carboxylic acids is 1. The van der Waals surface area contributed by atoms with Gasteiger partial charge in [-0.2, -0.15) is 0 Å². The molecule has 0 spiro atoms. The molecular formula is C11H15O3-. The van der Waals surface area contributed by atoms with E-state index in [1.807, 2.05) is 6.92 Å². The molecule has 3 aliphatic carbocycles. The number of carbonyl (C=O) groups excluding carboxylic acids is 1. The summed E-state index contributed by atoms with van der Waals surface area (Å²) in [5.41, 5.74) is -1.03. The van der Waals surface area contributed by atoms with Gasteiger partial charge in [0.2, 0.25) is 0 Å². The van der Waals surface area contributed by atoms with E-state index in [0.29, 0.717) is 17.8 Å². The van der Waals surface area contributed by atoms with Crippen LogP contribution in [-0.2, 0) is 4.79 Å². The van der Waals surface area contributed by atoms with Crippen LogP contribution in [0.4, 0.5) is 0 Å². The van der Waals surface area contributed by atoms with Crippen molar-refractivity contribution < 1.29 is 15.0 Å². The van der Waals surface area contributed by atoms with E-state index in [1.165, 1.54) is 0 Å². The van der Waals surface area contributed by atoms with Crippen LogP contribution in [0.25, 0.3) is 0 Å². The summed E-state index contributed by atoms with van der Waals surface area (Å²) in [6, 6.07) is 0. The van der Waals surface area contributed by atoms with E-state index in [2.05, 4.69) is 0 Å². The molecule has 3 nitrogen and oxygen atoms in total. The lowest BCUT2D eigenvalue weighted by atomic mass is 9.34. The molecule has 3 fully saturated rings. The van der Waals surface area contributed by atoms with Gasteiger partial charge < -0.3 is 15.0 Å². The highest BCUT2D eigenvalue weighted by molar-refractivity contribution is 5.76. The first kappa shape index (κ1) is 8.72. The van der Waals surface area contributed by atoms with Crippen LogP contribution in [0, 0.1) is 23.2 Å². The van der Waals surface area contributed by atoms with Crippen molar-refractivity contribution in [1.82, 2.24) is 0 Å². The Morgan fingerprint density at radius 3 is 2.21 bits per heavy atom. The monoisotopic (exact) mass is 195 g/mol. The van der Waals surface area contributed by atoms with Crippen molar-refractivity contribution >= 4 is 5.97 Å². The Labute approximate surface area is 83.1 Å². The van der Waals surface area contributed by atoms with Gasteiger partial charge in [0.1, 0.15) is 0 Å². The summed E-state index contributed by atoms with van der Waals surface area (Å²) in [6.07, 6.45) is 3.05. The summed E-state index contributed by atoms with van der Waals surface area (Å²) in [5, 5.41) is 20.9. The van der Waals surface area contributed by atoms with E-state index < -0.39 is 17.0 Å². The van der Waals surface area contributed by atoms with E-state index in [9.17, 15) is 15.0 Å². The molecule has 2 unspecified atom stereocenters. The fourth-order valence-corrected chi connectivity index (χ4v) is 4.43. The molecule has 14 heavy (non-hydrogen) atoms. The van der Waals surface area contributed by atoms with Gasteiger partial charge >= 0.3 is 0 Å². The Morgan fingerprint density at radius 1 is 1.29 bits per heavy atom. The Balaban J connectivity index is 1.83. The third-order valence-electron chi connectivity index (χ3n) is 4.72. The second kappa shape index (κ2) is 2.16. The van der Waals surface area contributed by atoms with E-state index in [4.69, 9.17) is 0 Å². The minimum atomic E-state index is -0.850. The van der Waals surface area contributed by atoms with Crippen molar-refractivity contribution in [3.8, 4) is 0 Å². The molecule has 3 heteroatoms. The molecule has 3 rings (SSSR count). The molecular weight excluding hydrogens is 180 g/mol. The lowest BCUT2D eigenvalue weighted by Crippen LogP contribution is -2.71. The summed E-state index contributed by atoms with van der Waals surface area (Å²) in [4.78, 5) is 11.0. The van der Waals surface area contributed by atoms with Crippen LogP contribution >= 0.6 is 0 Å². The summed E-state index contributed by atoms with van der Waals surface area (Å²) in [5.74, 6) is 0.357. The van der Waals surface area contributed by atoms with Crippen LogP contribution in [0.15, 0.2) is 0 Å². The second-order valence-electron chi connectivity index (χ2n) is 5.80. The van der Waals surface area contributed by atoms with Crippen molar-refractivity contribution in [3.63, 3.8) is 0 Å².